The minimum atomic E-state index is -0.460. The van der Waals surface area contributed by atoms with Crippen molar-refractivity contribution in [1.82, 2.24) is 4.90 Å². The van der Waals surface area contributed by atoms with Crippen LogP contribution < -0.4 is 10.5 Å². The number of benzene rings is 1. The van der Waals surface area contributed by atoms with Gasteiger partial charge in [-0.15, -0.1) is 12.4 Å². The molecule has 23 heavy (non-hydrogen) atoms. The molecule has 1 unspecified atom stereocenters. The Kier molecular flexibility index (Phi) is 7.36. The van der Waals surface area contributed by atoms with Crippen molar-refractivity contribution >= 4 is 18.3 Å². The van der Waals surface area contributed by atoms with E-state index in [2.05, 4.69) is 26.8 Å². The van der Waals surface area contributed by atoms with Crippen molar-refractivity contribution in [2.75, 3.05) is 13.1 Å². The Morgan fingerprint density at radius 3 is 2.39 bits per heavy atom. The molecular weight excluding hydrogens is 312 g/mol. The fourth-order valence-corrected chi connectivity index (χ4v) is 3.00. The van der Waals surface area contributed by atoms with Gasteiger partial charge in [-0.2, -0.15) is 0 Å². The van der Waals surface area contributed by atoms with Gasteiger partial charge in [-0.25, -0.2) is 0 Å². The van der Waals surface area contributed by atoms with Gasteiger partial charge in [0.2, 0.25) is 0 Å². The highest BCUT2D eigenvalue weighted by Gasteiger charge is 2.25. The first-order chi connectivity index (χ1) is 10.4. The molecule has 1 aliphatic rings. The highest BCUT2D eigenvalue weighted by atomic mass is 35.5. The molecule has 0 saturated carbocycles. The van der Waals surface area contributed by atoms with E-state index in [4.69, 9.17) is 10.5 Å². The average molecular weight is 341 g/mol. The lowest BCUT2D eigenvalue weighted by atomic mass is 9.98. The Balaban J connectivity index is 0.00000264. The number of hydrogen-bond acceptors (Lipinski definition) is 3. The van der Waals surface area contributed by atoms with Gasteiger partial charge < -0.3 is 15.4 Å². The van der Waals surface area contributed by atoms with Crippen LogP contribution in [-0.4, -0.2) is 36.0 Å². The van der Waals surface area contributed by atoms with Crippen molar-refractivity contribution in [1.29, 1.82) is 0 Å². The fraction of sp³-hybridized carbons (Fsp3) is 0.611. The third-order valence-electron chi connectivity index (χ3n) is 4.38. The molecule has 1 saturated heterocycles. The number of amides is 1. The van der Waals surface area contributed by atoms with Crippen LogP contribution in [0.3, 0.4) is 0 Å². The Hall–Kier alpha value is -1.26. The summed E-state index contributed by atoms with van der Waals surface area (Å²) in [6.45, 7) is 9.73. The van der Waals surface area contributed by atoms with Crippen molar-refractivity contribution in [2.45, 2.75) is 58.6 Å². The second-order valence-electron chi connectivity index (χ2n) is 6.60. The number of carbonyl (C=O) groups is 1. The molecule has 0 bridgehead atoms. The fourth-order valence-electron chi connectivity index (χ4n) is 3.00. The minimum absolute atomic E-state index is 0. The number of carbonyl (C=O) groups excluding carboxylic acids is 1. The number of halogens is 1. The van der Waals surface area contributed by atoms with Gasteiger partial charge in [0.15, 0.2) is 6.10 Å². The number of nitrogens with zero attached hydrogens (tertiary/aromatic N) is 1. The zero-order chi connectivity index (χ0) is 16.3. The molecule has 2 N–H and O–H groups in total. The van der Waals surface area contributed by atoms with Gasteiger partial charge in [0.25, 0.3) is 5.91 Å². The zero-order valence-corrected chi connectivity index (χ0v) is 15.4. The zero-order valence-electron chi connectivity index (χ0n) is 14.5. The Morgan fingerprint density at radius 1 is 1.26 bits per heavy atom. The normalized spacial score (nSPS) is 16.9. The van der Waals surface area contributed by atoms with Crippen LogP contribution in [-0.2, 0) is 4.79 Å². The SMILES string of the molecule is Cc1cc(OC(C)C(=O)N2CCC(N)CC2)ccc1C(C)C.Cl. The van der Waals surface area contributed by atoms with Gasteiger partial charge in [-0.05, 0) is 55.9 Å². The van der Waals surface area contributed by atoms with Crippen molar-refractivity contribution in [2.24, 2.45) is 5.73 Å². The molecule has 0 spiro atoms. The van der Waals surface area contributed by atoms with E-state index >= 15 is 0 Å². The summed E-state index contributed by atoms with van der Waals surface area (Å²) in [6, 6.07) is 6.29. The molecule has 1 aliphatic heterocycles. The maximum atomic E-state index is 12.4. The summed E-state index contributed by atoms with van der Waals surface area (Å²) in [5.41, 5.74) is 8.40. The van der Waals surface area contributed by atoms with Gasteiger partial charge in [0.1, 0.15) is 5.75 Å². The summed E-state index contributed by atoms with van der Waals surface area (Å²) >= 11 is 0. The quantitative estimate of drug-likeness (QED) is 0.915. The van der Waals surface area contributed by atoms with Crippen molar-refractivity contribution < 1.29 is 9.53 Å². The highest BCUT2D eigenvalue weighted by Crippen LogP contribution is 2.24. The topological polar surface area (TPSA) is 55.6 Å². The maximum Gasteiger partial charge on any atom is 0.263 e. The number of piperidine rings is 1. The maximum absolute atomic E-state index is 12.4. The number of nitrogens with two attached hydrogens (primary N) is 1. The van der Waals surface area contributed by atoms with Gasteiger partial charge in [-0.1, -0.05) is 19.9 Å². The summed E-state index contributed by atoms with van der Waals surface area (Å²) in [7, 11) is 0. The number of ether oxygens (including phenoxy) is 1. The molecule has 0 aromatic heterocycles. The first kappa shape index (κ1) is 19.8. The Bertz CT molecular complexity index is 526. The molecule has 1 atom stereocenters. The number of rotatable bonds is 4. The summed E-state index contributed by atoms with van der Waals surface area (Å²) < 4.78 is 5.85. The van der Waals surface area contributed by atoms with E-state index in [9.17, 15) is 4.79 Å². The van der Waals surface area contributed by atoms with Crippen LogP contribution in [0.5, 0.6) is 5.75 Å². The third kappa shape index (κ3) is 5.11. The minimum Gasteiger partial charge on any atom is -0.481 e. The molecule has 0 aliphatic carbocycles. The van der Waals surface area contributed by atoms with E-state index in [0.29, 0.717) is 5.92 Å². The Labute approximate surface area is 145 Å². The third-order valence-corrected chi connectivity index (χ3v) is 4.38. The van der Waals surface area contributed by atoms with Crippen LogP contribution >= 0.6 is 12.4 Å². The molecule has 0 radical (unpaired) electrons. The average Bonchev–Trinajstić information content (AvgIpc) is 2.47. The number of aryl methyl sites for hydroxylation is 1. The second kappa shape index (κ2) is 8.55. The van der Waals surface area contributed by atoms with Crippen LogP contribution in [0.15, 0.2) is 18.2 Å². The first-order valence-corrected chi connectivity index (χ1v) is 8.20. The van der Waals surface area contributed by atoms with Crippen LogP contribution in [0.1, 0.15) is 50.7 Å². The summed E-state index contributed by atoms with van der Waals surface area (Å²) in [5.74, 6) is 1.31. The van der Waals surface area contributed by atoms with Crippen LogP contribution in [0, 0.1) is 6.92 Å². The monoisotopic (exact) mass is 340 g/mol. The van der Waals surface area contributed by atoms with Gasteiger partial charge in [0, 0.05) is 19.1 Å². The highest BCUT2D eigenvalue weighted by molar-refractivity contribution is 5.85. The van der Waals surface area contributed by atoms with E-state index in [-0.39, 0.29) is 24.4 Å². The summed E-state index contributed by atoms with van der Waals surface area (Å²) in [6.07, 6.45) is 1.29. The molecule has 1 heterocycles. The smallest absolute Gasteiger partial charge is 0.263 e. The molecule has 5 heteroatoms. The lowest BCUT2D eigenvalue weighted by Gasteiger charge is -2.32. The van der Waals surface area contributed by atoms with E-state index in [1.54, 1.807) is 0 Å². The van der Waals surface area contributed by atoms with E-state index < -0.39 is 6.10 Å². The van der Waals surface area contributed by atoms with Crippen LogP contribution in [0.4, 0.5) is 0 Å². The van der Waals surface area contributed by atoms with Gasteiger partial charge >= 0.3 is 0 Å². The van der Waals surface area contributed by atoms with Gasteiger partial charge in [-0.3, -0.25) is 4.79 Å². The van der Waals surface area contributed by atoms with Gasteiger partial charge in [0.05, 0.1) is 0 Å². The van der Waals surface area contributed by atoms with Crippen molar-refractivity contribution in [3.63, 3.8) is 0 Å². The largest absolute Gasteiger partial charge is 0.481 e. The number of likely N-dealkylation sites (tertiary alicyclic amines) is 1. The van der Waals surface area contributed by atoms with Crippen molar-refractivity contribution in [3.05, 3.63) is 29.3 Å². The molecule has 1 amide bonds. The summed E-state index contributed by atoms with van der Waals surface area (Å²) in [4.78, 5) is 14.3. The molecule has 2 rings (SSSR count). The van der Waals surface area contributed by atoms with E-state index in [0.717, 1.165) is 31.7 Å². The predicted octanol–water partition coefficient (Wildman–Crippen LogP) is 3.26. The molecule has 4 nitrogen and oxygen atoms in total. The van der Waals surface area contributed by atoms with E-state index in [1.807, 2.05) is 24.0 Å². The predicted molar refractivity (Wildman–Crippen MR) is 96.4 cm³/mol. The number of hydrogen-bond donors (Lipinski definition) is 1. The van der Waals surface area contributed by atoms with Crippen molar-refractivity contribution in [3.8, 4) is 5.75 Å². The lowest BCUT2D eigenvalue weighted by Crippen LogP contribution is -2.47. The van der Waals surface area contributed by atoms with E-state index in [1.165, 1.54) is 11.1 Å². The standard InChI is InChI=1S/C18H28N2O2.ClH/c1-12(2)17-6-5-16(11-13(17)3)22-14(4)18(21)20-9-7-15(19)8-10-20;/h5-6,11-12,14-15H,7-10,19H2,1-4H3;1H. The Morgan fingerprint density at radius 2 is 1.87 bits per heavy atom. The molecule has 1 fully saturated rings. The van der Waals surface area contributed by atoms with Crippen LogP contribution in [0.25, 0.3) is 0 Å². The second-order valence-corrected chi connectivity index (χ2v) is 6.60. The van der Waals surface area contributed by atoms with Crippen LogP contribution in [0.2, 0.25) is 0 Å². The lowest BCUT2D eigenvalue weighted by molar-refractivity contribution is -0.139. The molecule has 1 aromatic carbocycles. The molecule has 130 valence electrons. The summed E-state index contributed by atoms with van der Waals surface area (Å²) in [5, 5.41) is 0. The molecular formula is C18H29ClN2O2. The molecule has 1 aromatic rings. The first-order valence-electron chi connectivity index (χ1n) is 8.20.